The fourth-order valence-corrected chi connectivity index (χ4v) is 2.31. The third-order valence-corrected chi connectivity index (χ3v) is 3.61. The standard InChI is InChI=1S/C17H15ClN2O4/c1-22-14-8-16(24-3)15(23-2)7-12(14)17(21)20-11-5-4-10(9-19)13(18)6-11/h4-8H,1-3H3,(H,20,21). The SMILES string of the molecule is COc1cc(OC)c(C(=O)Nc2ccc(C#N)c(Cl)c2)cc1OC. The van der Waals surface area contributed by atoms with Crippen LogP contribution in [0.2, 0.25) is 5.02 Å². The van der Waals surface area contributed by atoms with E-state index in [0.29, 0.717) is 28.5 Å². The molecule has 1 amide bonds. The Morgan fingerprint density at radius 3 is 2.21 bits per heavy atom. The van der Waals surface area contributed by atoms with Crippen molar-refractivity contribution in [2.75, 3.05) is 26.6 Å². The van der Waals surface area contributed by atoms with E-state index in [1.54, 1.807) is 12.1 Å². The third kappa shape index (κ3) is 3.53. The summed E-state index contributed by atoms with van der Waals surface area (Å²) in [5, 5.41) is 11.8. The van der Waals surface area contributed by atoms with Gasteiger partial charge in [-0.1, -0.05) is 11.6 Å². The zero-order valence-corrected chi connectivity index (χ0v) is 14.1. The van der Waals surface area contributed by atoms with Crippen molar-refractivity contribution in [3.8, 4) is 23.3 Å². The smallest absolute Gasteiger partial charge is 0.259 e. The lowest BCUT2D eigenvalue weighted by Gasteiger charge is -2.14. The zero-order valence-electron chi connectivity index (χ0n) is 13.3. The number of benzene rings is 2. The van der Waals surface area contributed by atoms with Gasteiger partial charge >= 0.3 is 0 Å². The normalized spacial score (nSPS) is 9.79. The summed E-state index contributed by atoms with van der Waals surface area (Å²) in [5.74, 6) is 0.784. The zero-order chi connectivity index (χ0) is 17.7. The highest BCUT2D eigenvalue weighted by molar-refractivity contribution is 6.32. The molecule has 0 fully saturated rings. The van der Waals surface area contributed by atoms with Crippen LogP contribution in [0.1, 0.15) is 15.9 Å². The Bertz CT molecular complexity index is 815. The van der Waals surface area contributed by atoms with E-state index < -0.39 is 5.91 Å². The second kappa shape index (κ2) is 7.57. The van der Waals surface area contributed by atoms with Gasteiger partial charge in [0.25, 0.3) is 5.91 Å². The molecule has 2 aromatic carbocycles. The molecule has 124 valence electrons. The number of ether oxygens (including phenoxy) is 3. The monoisotopic (exact) mass is 346 g/mol. The van der Waals surface area contributed by atoms with Gasteiger partial charge in [-0.05, 0) is 18.2 Å². The van der Waals surface area contributed by atoms with Crippen molar-refractivity contribution in [3.05, 3.63) is 46.5 Å². The maximum absolute atomic E-state index is 12.5. The number of hydrogen-bond acceptors (Lipinski definition) is 5. The summed E-state index contributed by atoms with van der Waals surface area (Å²) in [5.41, 5.74) is 1.06. The van der Waals surface area contributed by atoms with E-state index in [4.69, 9.17) is 31.1 Å². The topological polar surface area (TPSA) is 80.6 Å². The van der Waals surface area contributed by atoms with E-state index in [0.717, 1.165) is 0 Å². The molecule has 0 bridgehead atoms. The maximum atomic E-state index is 12.5. The van der Waals surface area contributed by atoms with E-state index in [2.05, 4.69) is 5.32 Å². The molecule has 0 atom stereocenters. The molecule has 0 aromatic heterocycles. The van der Waals surface area contributed by atoms with Crippen molar-refractivity contribution in [1.29, 1.82) is 5.26 Å². The summed E-state index contributed by atoms with van der Waals surface area (Å²) >= 11 is 5.97. The fourth-order valence-electron chi connectivity index (χ4n) is 2.09. The van der Waals surface area contributed by atoms with Crippen LogP contribution in [0.15, 0.2) is 30.3 Å². The predicted molar refractivity (Wildman–Crippen MR) is 90.2 cm³/mol. The molecule has 0 unspecified atom stereocenters. The van der Waals surface area contributed by atoms with Gasteiger partial charge in [-0.15, -0.1) is 0 Å². The quantitative estimate of drug-likeness (QED) is 0.896. The van der Waals surface area contributed by atoms with Crippen molar-refractivity contribution in [3.63, 3.8) is 0 Å². The van der Waals surface area contributed by atoms with Crippen LogP contribution in [0, 0.1) is 11.3 Å². The van der Waals surface area contributed by atoms with Crippen LogP contribution in [0.25, 0.3) is 0 Å². The lowest BCUT2D eigenvalue weighted by atomic mass is 10.1. The first kappa shape index (κ1) is 17.4. The lowest BCUT2D eigenvalue weighted by Crippen LogP contribution is -2.13. The number of anilines is 1. The summed E-state index contributed by atoms with van der Waals surface area (Å²) in [4.78, 5) is 12.5. The van der Waals surface area contributed by atoms with Crippen LogP contribution in [-0.2, 0) is 0 Å². The Morgan fingerprint density at radius 1 is 1.04 bits per heavy atom. The van der Waals surface area contributed by atoms with Gasteiger partial charge in [-0.3, -0.25) is 4.79 Å². The average molecular weight is 347 g/mol. The molecule has 0 saturated carbocycles. The molecule has 2 rings (SSSR count). The minimum atomic E-state index is -0.409. The summed E-state index contributed by atoms with van der Waals surface area (Å²) in [6.45, 7) is 0. The van der Waals surface area contributed by atoms with Crippen LogP contribution >= 0.6 is 11.6 Å². The van der Waals surface area contributed by atoms with Crippen molar-refractivity contribution in [2.45, 2.75) is 0 Å². The van der Waals surface area contributed by atoms with E-state index in [9.17, 15) is 4.79 Å². The first-order valence-corrected chi connectivity index (χ1v) is 7.22. The maximum Gasteiger partial charge on any atom is 0.259 e. The van der Waals surface area contributed by atoms with Gasteiger partial charge in [0.2, 0.25) is 0 Å². The van der Waals surface area contributed by atoms with Crippen LogP contribution in [-0.4, -0.2) is 27.2 Å². The van der Waals surface area contributed by atoms with Crippen LogP contribution in [0.5, 0.6) is 17.2 Å². The van der Waals surface area contributed by atoms with Gasteiger partial charge < -0.3 is 19.5 Å². The average Bonchev–Trinajstić information content (AvgIpc) is 2.60. The van der Waals surface area contributed by atoms with Crippen LogP contribution < -0.4 is 19.5 Å². The van der Waals surface area contributed by atoms with Gasteiger partial charge in [-0.2, -0.15) is 5.26 Å². The van der Waals surface area contributed by atoms with Gasteiger partial charge in [0.05, 0.1) is 37.5 Å². The molecule has 0 radical (unpaired) electrons. The molecule has 2 aromatic rings. The van der Waals surface area contributed by atoms with Crippen LogP contribution in [0.3, 0.4) is 0 Å². The summed E-state index contributed by atoms with van der Waals surface area (Å²) in [7, 11) is 4.43. The molecule has 0 spiro atoms. The molecular weight excluding hydrogens is 332 g/mol. The minimum Gasteiger partial charge on any atom is -0.496 e. The summed E-state index contributed by atoms with van der Waals surface area (Å²) in [6.07, 6.45) is 0. The van der Waals surface area contributed by atoms with Crippen molar-refractivity contribution >= 4 is 23.2 Å². The molecule has 0 aliphatic rings. The number of rotatable bonds is 5. The van der Waals surface area contributed by atoms with E-state index in [1.165, 1.54) is 39.5 Å². The number of carbonyl (C=O) groups is 1. The fraction of sp³-hybridized carbons (Fsp3) is 0.176. The second-order valence-electron chi connectivity index (χ2n) is 4.67. The number of nitrogens with zero attached hydrogens (tertiary/aromatic N) is 1. The van der Waals surface area contributed by atoms with Crippen molar-refractivity contribution in [2.24, 2.45) is 0 Å². The minimum absolute atomic E-state index is 0.259. The number of nitriles is 1. The molecule has 0 aliphatic heterocycles. The number of hydrogen-bond donors (Lipinski definition) is 1. The van der Waals surface area contributed by atoms with E-state index in [-0.39, 0.29) is 10.6 Å². The Hall–Kier alpha value is -2.91. The largest absolute Gasteiger partial charge is 0.496 e. The molecule has 6 nitrogen and oxygen atoms in total. The molecule has 0 aliphatic carbocycles. The predicted octanol–water partition coefficient (Wildman–Crippen LogP) is 3.49. The lowest BCUT2D eigenvalue weighted by molar-refractivity contribution is 0.102. The highest BCUT2D eigenvalue weighted by Crippen LogP contribution is 2.35. The number of carbonyl (C=O) groups excluding carboxylic acids is 1. The molecular formula is C17H15ClN2O4. The first-order chi connectivity index (χ1) is 11.5. The highest BCUT2D eigenvalue weighted by Gasteiger charge is 2.18. The second-order valence-corrected chi connectivity index (χ2v) is 5.08. The number of amides is 1. The van der Waals surface area contributed by atoms with Crippen molar-refractivity contribution in [1.82, 2.24) is 0 Å². The Kier molecular flexibility index (Phi) is 5.51. The Balaban J connectivity index is 2.35. The number of nitrogens with one attached hydrogen (secondary N) is 1. The molecule has 0 heterocycles. The molecule has 24 heavy (non-hydrogen) atoms. The number of methoxy groups -OCH3 is 3. The number of halogens is 1. The van der Waals surface area contributed by atoms with E-state index >= 15 is 0 Å². The van der Waals surface area contributed by atoms with Crippen molar-refractivity contribution < 1.29 is 19.0 Å². The first-order valence-electron chi connectivity index (χ1n) is 6.85. The van der Waals surface area contributed by atoms with E-state index in [1.807, 2.05) is 6.07 Å². The third-order valence-electron chi connectivity index (χ3n) is 3.30. The molecule has 1 N–H and O–H groups in total. The Morgan fingerprint density at radius 2 is 1.67 bits per heavy atom. The van der Waals surface area contributed by atoms with Gasteiger partial charge in [0.15, 0.2) is 11.5 Å². The molecule has 7 heteroatoms. The highest BCUT2D eigenvalue weighted by atomic mass is 35.5. The van der Waals surface area contributed by atoms with Gasteiger partial charge in [0.1, 0.15) is 11.8 Å². The molecule has 0 saturated heterocycles. The van der Waals surface area contributed by atoms with Crippen LogP contribution in [0.4, 0.5) is 5.69 Å². The van der Waals surface area contributed by atoms with Gasteiger partial charge in [-0.25, -0.2) is 0 Å². The summed E-state index contributed by atoms with van der Waals surface area (Å²) in [6, 6.07) is 9.68. The van der Waals surface area contributed by atoms with Gasteiger partial charge in [0, 0.05) is 17.8 Å². The Labute approximate surface area is 144 Å². The summed E-state index contributed by atoms with van der Waals surface area (Å²) < 4.78 is 15.6.